The zero-order chi connectivity index (χ0) is 19.7. The van der Waals surface area contributed by atoms with Gasteiger partial charge in [-0.2, -0.15) is 0 Å². The number of fused-ring (bicyclic) bond motifs is 1. The van der Waals surface area contributed by atoms with Gasteiger partial charge in [0, 0.05) is 11.8 Å². The Bertz CT molecular complexity index is 1250. The first-order valence-electron chi connectivity index (χ1n) is 8.63. The van der Waals surface area contributed by atoms with Gasteiger partial charge >= 0.3 is 0 Å². The summed E-state index contributed by atoms with van der Waals surface area (Å²) in [6, 6.07) is 15.1. The molecule has 0 saturated carbocycles. The quantitative estimate of drug-likeness (QED) is 0.565. The number of aromatic nitrogens is 2. The molecule has 0 saturated heterocycles. The number of nitrogens with zero attached hydrogens (tertiary/aromatic N) is 2. The predicted molar refractivity (Wildman–Crippen MR) is 109 cm³/mol. The number of thiazole rings is 1. The van der Waals surface area contributed by atoms with Crippen LogP contribution in [0.2, 0.25) is 0 Å². The van der Waals surface area contributed by atoms with E-state index in [4.69, 9.17) is 0 Å². The van der Waals surface area contributed by atoms with Crippen LogP contribution >= 0.6 is 11.3 Å². The molecule has 1 N–H and O–H groups in total. The summed E-state index contributed by atoms with van der Waals surface area (Å²) in [4.78, 5) is 29.8. The molecule has 4 aromatic rings. The fourth-order valence-corrected chi connectivity index (χ4v) is 3.89. The molecule has 4 rings (SSSR count). The lowest BCUT2D eigenvalue weighted by molar-refractivity contribution is 0.102. The van der Waals surface area contributed by atoms with Crippen molar-refractivity contribution in [1.29, 1.82) is 0 Å². The minimum atomic E-state index is -0.537. The number of nitrogens with one attached hydrogen (secondary N) is 1. The number of hydrogen-bond donors (Lipinski definition) is 1. The number of carbonyl (C=O) groups is 1. The molecule has 2 heterocycles. The molecule has 0 atom stereocenters. The van der Waals surface area contributed by atoms with Crippen LogP contribution in [-0.4, -0.2) is 15.5 Å². The van der Waals surface area contributed by atoms with Crippen molar-refractivity contribution in [2.45, 2.75) is 13.5 Å². The minimum Gasteiger partial charge on any atom is -0.310 e. The van der Waals surface area contributed by atoms with Gasteiger partial charge in [0.1, 0.15) is 11.4 Å². The van der Waals surface area contributed by atoms with Crippen molar-refractivity contribution >= 4 is 32.6 Å². The standard InChI is InChI=1S/C21H16FN3O2S/c1-13-6-4-10-17-18(13)23-21(28-17)24-19(26)15-8-5-11-25(20(15)27)12-14-7-2-3-9-16(14)22/h2-11H,12H2,1H3,(H,23,24,26). The maximum absolute atomic E-state index is 13.9. The van der Waals surface area contributed by atoms with Crippen molar-refractivity contribution in [2.75, 3.05) is 5.32 Å². The second-order valence-electron chi connectivity index (χ2n) is 6.34. The molecule has 0 aliphatic carbocycles. The van der Waals surface area contributed by atoms with Crippen LogP contribution in [0.25, 0.3) is 10.2 Å². The second kappa shape index (κ2) is 7.36. The van der Waals surface area contributed by atoms with Gasteiger partial charge < -0.3 is 4.57 Å². The van der Waals surface area contributed by atoms with Crippen LogP contribution in [0.5, 0.6) is 0 Å². The first kappa shape index (κ1) is 18.1. The van der Waals surface area contributed by atoms with Gasteiger partial charge in [-0.1, -0.05) is 41.7 Å². The molecule has 0 unspecified atom stereocenters. The van der Waals surface area contributed by atoms with Gasteiger partial charge in [-0.05, 0) is 36.8 Å². The molecule has 0 aliphatic rings. The van der Waals surface area contributed by atoms with E-state index < -0.39 is 17.3 Å². The number of para-hydroxylation sites is 1. The summed E-state index contributed by atoms with van der Waals surface area (Å²) in [6.45, 7) is 2.00. The first-order chi connectivity index (χ1) is 13.5. The Kier molecular flexibility index (Phi) is 4.75. The van der Waals surface area contributed by atoms with Crippen LogP contribution in [-0.2, 0) is 6.54 Å². The normalized spacial score (nSPS) is 10.9. The third kappa shape index (κ3) is 3.44. The molecule has 140 valence electrons. The van der Waals surface area contributed by atoms with Crippen LogP contribution < -0.4 is 10.9 Å². The van der Waals surface area contributed by atoms with E-state index in [1.807, 2.05) is 25.1 Å². The van der Waals surface area contributed by atoms with Crippen molar-refractivity contribution in [3.8, 4) is 0 Å². The predicted octanol–water partition coefficient (Wildman–Crippen LogP) is 4.21. The van der Waals surface area contributed by atoms with E-state index in [1.165, 1.54) is 34.2 Å². The average molecular weight is 393 g/mol. The molecule has 5 nitrogen and oxygen atoms in total. The van der Waals surface area contributed by atoms with Crippen LogP contribution in [0.3, 0.4) is 0 Å². The number of benzene rings is 2. The lowest BCUT2D eigenvalue weighted by atomic mass is 10.2. The molecule has 7 heteroatoms. The van der Waals surface area contributed by atoms with E-state index in [1.54, 1.807) is 24.3 Å². The fraction of sp³-hybridized carbons (Fsp3) is 0.0952. The molecule has 0 spiro atoms. The van der Waals surface area contributed by atoms with Gasteiger partial charge in [-0.3, -0.25) is 14.9 Å². The number of amides is 1. The Labute approximate surface area is 164 Å². The highest BCUT2D eigenvalue weighted by Gasteiger charge is 2.15. The average Bonchev–Trinajstić information content (AvgIpc) is 3.09. The highest BCUT2D eigenvalue weighted by molar-refractivity contribution is 7.22. The summed E-state index contributed by atoms with van der Waals surface area (Å²) >= 11 is 1.35. The Morgan fingerprint density at radius 3 is 2.75 bits per heavy atom. The van der Waals surface area contributed by atoms with E-state index in [-0.39, 0.29) is 12.1 Å². The van der Waals surface area contributed by atoms with E-state index in [9.17, 15) is 14.0 Å². The van der Waals surface area contributed by atoms with Crippen molar-refractivity contribution in [3.05, 3.63) is 93.7 Å². The summed E-state index contributed by atoms with van der Waals surface area (Å²) in [5.41, 5.74) is 1.72. The number of pyridine rings is 1. The molecule has 0 fully saturated rings. The zero-order valence-electron chi connectivity index (χ0n) is 15.0. The van der Waals surface area contributed by atoms with Crippen molar-refractivity contribution < 1.29 is 9.18 Å². The maximum Gasteiger partial charge on any atom is 0.263 e. The SMILES string of the molecule is Cc1cccc2sc(NC(=O)c3cccn(Cc4ccccc4F)c3=O)nc12. The van der Waals surface area contributed by atoms with E-state index in [2.05, 4.69) is 10.3 Å². The Morgan fingerprint density at radius 2 is 1.96 bits per heavy atom. The zero-order valence-corrected chi connectivity index (χ0v) is 15.8. The Morgan fingerprint density at radius 1 is 1.14 bits per heavy atom. The van der Waals surface area contributed by atoms with E-state index in [0.717, 1.165) is 15.8 Å². The molecular formula is C21H16FN3O2S. The largest absolute Gasteiger partial charge is 0.310 e. The number of rotatable bonds is 4. The minimum absolute atomic E-state index is 0.0187. The molecule has 28 heavy (non-hydrogen) atoms. The van der Waals surface area contributed by atoms with Gasteiger partial charge in [0.15, 0.2) is 5.13 Å². The van der Waals surface area contributed by atoms with Gasteiger partial charge in [-0.25, -0.2) is 9.37 Å². The fourth-order valence-electron chi connectivity index (χ4n) is 2.95. The van der Waals surface area contributed by atoms with Gasteiger partial charge in [0.2, 0.25) is 0 Å². The molecule has 2 aromatic carbocycles. The smallest absolute Gasteiger partial charge is 0.263 e. The summed E-state index contributed by atoms with van der Waals surface area (Å²) in [5, 5.41) is 3.13. The van der Waals surface area contributed by atoms with Gasteiger partial charge in [0.05, 0.1) is 16.8 Å². The number of hydrogen-bond acceptors (Lipinski definition) is 4. The van der Waals surface area contributed by atoms with Crippen molar-refractivity contribution in [3.63, 3.8) is 0 Å². The monoisotopic (exact) mass is 393 g/mol. The topological polar surface area (TPSA) is 64.0 Å². The highest BCUT2D eigenvalue weighted by Crippen LogP contribution is 2.28. The number of halogens is 1. The second-order valence-corrected chi connectivity index (χ2v) is 7.37. The van der Waals surface area contributed by atoms with Crippen LogP contribution in [0.1, 0.15) is 21.5 Å². The summed E-state index contributed by atoms with van der Waals surface area (Å²) in [6.07, 6.45) is 1.53. The van der Waals surface area contributed by atoms with Crippen molar-refractivity contribution in [1.82, 2.24) is 9.55 Å². The third-order valence-electron chi connectivity index (χ3n) is 4.40. The van der Waals surface area contributed by atoms with Crippen LogP contribution in [0.15, 0.2) is 65.6 Å². The number of anilines is 1. The Hall–Kier alpha value is -3.32. The van der Waals surface area contributed by atoms with E-state index >= 15 is 0 Å². The molecular weight excluding hydrogens is 377 g/mol. The van der Waals surface area contributed by atoms with E-state index in [0.29, 0.717) is 10.7 Å². The summed E-state index contributed by atoms with van der Waals surface area (Å²) in [5.74, 6) is -0.932. The number of carbonyl (C=O) groups excluding carboxylic acids is 1. The summed E-state index contributed by atoms with van der Waals surface area (Å²) < 4.78 is 16.2. The lowest BCUT2D eigenvalue weighted by Crippen LogP contribution is -2.29. The van der Waals surface area contributed by atoms with Crippen molar-refractivity contribution in [2.24, 2.45) is 0 Å². The third-order valence-corrected chi connectivity index (χ3v) is 5.34. The van der Waals surface area contributed by atoms with Crippen LogP contribution in [0, 0.1) is 12.7 Å². The molecule has 0 aliphatic heterocycles. The molecule has 0 bridgehead atoms. The maximum atomic E-state index is 13.9. The Balaban J connectivity index is 1.61. The van der Waals surface area contributed by atoms with Gasteiger partial charge in [-0.15, -0.1) is 0 Å². The molecule has 2 aromatic heterocycles. The highest BCUT2D eigenvalue weighted by atomic mass is 32.1. The van der Waals surface area contributed by atoms with Crippen LogP contribution in [0.4, 0.5) is 9.52 Å². The molecule has 1 amide bonds. The number of aryl methyl sites for hydroxylation is 1. The summed E-state index contributed by atoms with van der Waals surface area (Å²) in [7, 11) is 0. The lowest BCUT2D eigenvalue weighted by Gasteiger charge is -2.08. The molecule has 0 radical (unpaired) electrons. The first-order valence-corrected chi connectivity index (χ1v) is 9.45. The van der Waals surface area contributed by atoms with Gasteiger partial charge in [0.25, 0.3) is 11.5 Å².